The summed E-state index contributed by atoms with van der Waals surface area (Å²) in [7, 11) is 0. The van der Waals surface area contributed by atoms with Crippen LogP contribution in [0.2, 0.25) is 0 Å². The van der Waals surface area contributed by atoms with Crippen LogP contribution >= 0.6 is 0 Å². The minimum absolute atomic E-state index is 1.94. The maximum Gasteiger partial charge on any atom is 0.351 e. The van der Waals surface area contributed by atoms with E-state index in [1.807, 2.05) is 0 Å². The lowest BCUT2D eigenvalue weighted by Crippen LogP contribution is -2.30. The maximum absolute atomic E-state index is 9.04. The molecule has 0 heterocycles. The van der Waals surface area contributed by atoms with Gasteiger partial charge in [0.15, 0.2) is 5.97 Å². The first kappa shape index (κ1) is 4.94. The Balaban J connectivity index is 3.57. The van der Waals surface area contributed by atoms with Crippen molar-refractivity contribution >= 4 is 11.9 Å². The van der Waals surface area contributed by atoms with Crippen LogP contribution in [0.5, 0.6) is 0 Å². The SMILES string of the molecule is O=C([O-])C(=O)O. The number of aliphatic carboxylic acids is 2. The fourth-order valence-electron chi connectivity index (χ4n) is 0. The zero-order valence-electron chi connectivity index (χ0n) is 2.67. The van der Waals surface area contributed by atoms with Crippen molar-refractivity contribution in [1.29, 1.82) is 0 Å². The third-order valence-corrected chi connectivity index (χ3v) is 0.175. The summed E-state index contributed by atoms with van der Waals surface area (Å²) in [6.07, 6.45) is 0. The molecule has 0 unspecified atom stereocenters. The van der Waals surface area contributed by atoms with Crippen molar-refractivity contribution in [3.8, 4) is 0 Å². The van der Waals surface area contributed by atoms with Gasteiger partial charge in [-0.15, -0.1) is 0 Å². The van der Waals surface area contributed by atoms with Crippen LogP contribution in [0, 0.1) is 0 Å². The molecule has 4 heteroatoms. The number of carbonyl (C=O) groups is 2. The van der Waals surface area contributed by atoms with E-state index in [0.29, 0.717) is 0 Å². The fraction of sp³-hybridized carbons (Fsp3) is 0. The van der Waals surface area contributed by atoms with E-state index in [1.165, 1.54) is 0 Å². The molecule has 6 heavy (non-hydrogen) atoms. The first-order chi connectivity index (χ1) is 2.64. The lowest BCUT2D eigenvalue weighted by atomic mass is 10.7. The Labute approximate surface area is 33.0 Å². The molecule has 0 aromatic carbocycles. The van der Waals surface area contributed by atoms with E-state index in [1.54, 1.807) is 0 Å². The van der Waals surface area contributed by atoms with E-state index in [4.69, 9.17) is 19.8 Å². The zero-order chi connectivity index (χ0) is 5.15. The molecular formula is C2HO4-. The van der Waals surface area contributed by atoms with Gasteiger partial charge in [0, 0.05) is 0 Å². The quantitative estimate of drug-likeness (QED) is 0.342. The van der Waals surface area contributed by atoms with E-state index in [2.05, 4.69) is 0 Å². The Hall–Kier alpha value is -1.06. The number of hydrogen-bond acceptors (Lipinski definition) is 3. The van der Waals surface area contributed by atoms with E-state index < -0.39 is 11.9 Å². The van der Waals surface area contributed by atoms with Gasteiger partial charge in [0.25, 0.3) is 0 Å². The molecule has 0 fully saturated rings. The standard InChI is InChI=1S/C2H2O4/c3-1(4)2(5)6/h(H,3,4)(H,5,6)/p-1. The van der Waals surface area contributed by atoms with E-state index in [-0.39, 0.29) is 0 Å². The van der Waals surface area contributed by atoms with Crippen LogP contribution in [0.3, 0.4) is 0 Å². The smallest absolute Gasteiger partial charge is 0.351 e. The van der Waals surface area contributed by atoms with E-state index >= 15 is 0 Å². The molecular weight excluding hydrogens is 88.0 g/mol. The predicted octanol–water partition coefficient (Wildman–Crippen LogP) is -2.18. The zero-order valence-corrected chi connectivity index (χ0v) is 2.67. The summed E-state index contributed by atoms with van der Waals surface area (Å²) in [5.74, 6) is -4.01. The van der Waals surface area contributed by atoms with Crippen LogP contribution in [-0.4, -0.2) is 17.0 Å². The fourth-order valence-corrected chi connectivity index (χ4v) is 0. The lowest BCUT2D eigenvalue weighted by molar-refractivity contribution is -0.303. The molecule has 1 N–H and O–H groups in total. The predicted molar refractivity (Wildman–Crippen MR) is 12.6 cm³/mol. The van der Waals surface area contributed by atoms with E-state index in [0.717, 1.165) is 0 Å². The third kappa shape index (κ3) is 1.28. The van der Waals surface area contributed by atoms with Crippen molar-refractivity contribution in [2.45, 2.75) is 0 Å². The Bertz CT molecular complexity index is 71.5. The van der Waals surface area contributed by atoms with E-state index in [9.17, 15) is 0 Å². The molecule has 4 nitrogen and oxygen atoms in total. The summed E-state index contributed by atoms with van der Waals surface area (Å²) < 4.78 is 0. The summed E-state index contributed by atoms with van der Waals surface area (Å²) in [6.45, 7) is 0. The van der Waals surface area contributed by atoms with Gasteiger partial charge < -0.3 is 15.0 Å². The first-order valence-electron chi connectivity index (χ1n) is 1.09. The van der Waals surface area contributed by atoms with Gasteiger partial charge in [-0.05, 0) is 0 Å². The Kier molecular flexibility index (Phi) is 1.15. The van der Waals surface area contributed by atoms with Crippen LogP contribution in [0.15, 0.2) is 0 Å². The second kappa shape index (κ2) is 1.40. The van der Waals surface area contributed by atoms with Crippen LogP contribution in [0.1, 0.15) is 0 Å². The second-order valence-electron chi connectivity index (χ2n) is 0.593. The van der Waals surface area contributed by atoms with Gasteiger partial charge in [0.1, 0.15) is 0 Å². The van der Waals surface area contributed by atoms with Gasteiger partial charge in [-0.3, -0.25) is 0 Å². The highest BCUT2D eigenvalue weighted by molar-refractivity contribution is 6.26. The largest absolute Gasteiger partial charge is 0.539 e. The Morgan fingerprint density at radius 1 is 1.50 bits per heavy atom. The molecule has 0 amide bonds. The second-order valence-corrected chi connectivity index (χ2v) is 0.593. The monoisotopic (exact) mass is 89.0 g/mol. The van der Waals surface area contributed by atoms with Crippen molar-refractivity contribution in [2.75, 3.05) is 0 Å². The van der Waals surface area contributed by atoms with Crippen LogP contribution in [-0.2, 0) is 9.59 Å². The van der Waals surface area contributed by atoms with Crippen LogP contribution in [0.25, 0.3) is 0 Å². The average molecular weight is 89.0 g/mol. The van der Waals surface area contributed by atoms with Crippen molar-refractivity contribution in [2.24, 2.45) is 0 Å². The molecule has 0 saturated carbocycles. The van der Waals surface area contributed by atoms with Crippen molar-refractivity contribution < 1.29 is 19.8 Å². The van der Waals surface area contributed by atoms with Crippen LogP contribution in [0.4, 0.5) is 0 Å². The highest BCUT2D eigenvalue weighted by Gasteiger charge is 1.90. The summed E-state index contributed by atoms with van der Waals surface area (Å²) in [5.41, 5.74) is 0. The van der Waals surface area contributed by atoms with Gasteiger partial charge in [-0.25, -0.2) is 4.79 Å². The normalized spacial score (nSPS) is 7.33. The molecule has 0 aliphatic rings. The summed E-state index contributed by atoms with van der Waals surface area (Å²) in [5, 5.41) is 16.3. The number of carboxylic acid groups (broad SMARTS) is 2. The Morgan fingerprint density at radius 3 is 1.67 bits per heavy atom. The lowest BCUT2D eigenvalue weighted by Gasteiger charge is -1.85. The molecule has 0 aromatic rings. The highest BCUT2D eigenvalue weighted by Crippen LogP contribution is 1.49. The summed E-state index contributed by atoms with van der Waals surface area (Å²) in [6, 6.07) is 0. The number of carbonyl (C=O) groups excluding carboxylic acids is 1. The highest BCUT2D eigenvalue weighted by atomic mass is 16.4. The molecule has 0 atom stereocenters. The van der Waals surface area contributed by atoms with Gasteiger partial charge in [0.2, 0.25) is 0 Å². The molecule has 34 valence electrons. The van der Waals surface area contributed by atoms with Gasteiger partial charge in [-0.2, -0.15) is 0 Å². The van der Waals surface area contributed by atoms with Crippen molar-refractivity contribution in [3.05, 3.63) is 0 Å². The van der Waals surface area contributed by atoms with Crippen molar-refractivity contribution in [1.82, 2.24) is 0 Å². The first-order valence-corrected chi connectivity index (χ1v) is 1.09. The van der Waals surface area contributed by atoms with Gasteiger partial charge >= 0.3 is 5.97 Å². The molecule has 0 aliphatic heterocycles. The van der Waals surface area contributed by atoms with Gasteiger partial charge in [-0.1, -0.05) is 0 Å². The average Bonchev–Trinajstić information content (AvgIpc) is 1.36. The molecule has 0 aromatic heterocycles. The minimum Gasteiger partial charge on any atom is -0.539 e. The molecule has 0 spiro atoms. The minimum atomic E-state index is -2.07. The topological polar surface area (TPSA) is 77.4 Å². The molecule has 0 bridgehead atoms. The third-order valence-electron chi connectivity index (χ3n) is 0.175. The molecule has 0 aliphatic carbocycles. The molecule has 0 saturated heterocycles. The molecule has 0 radical (unpaired) electrons. The number of carboxylic acids is 2. The molecule has 0 rings (SSSR count). The maximum atomic E-state index is 9.04. The Morgan fingerprint density at radius 2 is 1.67 bits per heavy atom. The van der Waals surface area contributed by atoms with Crippen molar-refractivity contribution in [3.63, 3.8) is 0 Å². The number of hydrogen-bond donors (Lipinski definition) is 1. The summed E-state index contributed by atoms with van der Waals surface area (Å²) >= 11 is 0. The van der Waals surface area contributed by atoms with Crippen LogP contribution < -0.4 is 5.11 Å². The summed E-state index contributed by atoms with van der Waals surface area (Å²) in [4.78, 5) is 18.0. The number of rotatable bonds is 0. The van der Waals surface area contributed by atoms with Gasteiger partial charge in [0.05, 0.1) is 0 Å².